The van der Waals surface area contributed by atoms with Crippen LogP contribution in [0.2, 0.25) is 0 Å². The highest BCUT2D eigenvalue weighted by Crippen LogP contribution is 2.68. The van der Waals surface area contributed by atoms with Crippen LogP contribution in [0.15, 0.2) is 0 Å². The molecule has 162 valence electrons. The van der Waals surface area contributed by atoms with Crippen LogP contribution < -0.4 is 5.32 Å². The predicted octanol–water partition coefficient (Wildman–Crippen LogP) is 6.03. The summed E-state index contributed by atoms with van der Waals surface area (Å²) in [6, 6.07) is 0.237. The first-order chi connectivity index (χ1) is 13.4. The van der Waals surface area contributed by atoms with E-state index in [1.54, 1.807) is 6.42 Å². The van der Waals surface area contributed by atoms with Crippen molar-refractivity contribution in [1.82, 2.24) is 5.32 Å². The van der Waals surface area contributed by atoms with Gasteiger partial charge in [-0.1, -0.05) is 33.6 Å². The molecule has 0 aromatic heterocycles. The van der Waals surface area contributed by atoms with E-state index in [1.807, 2.05) is 0 Å². The molecule has 2 nitrogen and oxygen atoms in total. The molecule has 0 bridgehead atoms. The Morgan fingerprint density at radius 3 is 2.46 bits per heavy atom. The quantitative estimate of drug-likeness (QED) is 0.581. The van der Waals surface area contributed by atoms with Gasteiger partial charge in [-0.25, -0.2) is 0 Å². The van der Waals surface area contributed by atoms with E-state index in [4.69, 9.17) is 0 Å². The molecule has 0 aromatic rings. The standard InChI is InChI=1S/C26H47NO/c1-18(13-16-27-19(2)17-28)22-10-11-23-21-9-8-20-7-5-6-14-25(20,3)24(21)12-15-26(22,23)4/h18-24,27-28H,5-17H2,1-4H3/t18-,19?,20?,21+,22-,23+,24+,25+,26-/m1/s1. The average molecular weight is 390 g/mol. The molecule has 9 atom stereocenters. The molecule has 4 aliphatic rings. The van der Waals surface area contributed by atoms with Gasteiger partial charge in [0.1, 0.15) is 0 Å². The zero-order valence-electron chi connectivity index (χ0n) is 19.2. The van der Waals surface area contributed by atoms with E-state index < -0.39 is 0 Å². The van der Waals surface area contributed by atoms with Gasteiger partial charge in [-0.2, -0.15) is 0 Å². The van der Waals surface area contributed by atoms with Crippen molar-refractivity contribution in [3.8, 4) is 0 Å². The van der Waals surface area contributed by atoms with Gasteiger partial charge < -0.3 is 10.4 Å². The highest BCUT2D eigenvalue weighted by Gasteiger charge is 2.59. The molecule has 0 aromatic carbocycles. The minimum Gasteiger partial charge on any atom is -0.395 e. The summed E-state index contributed by atoms with van der Waals surface area (Å²) < 4.78 is 0. The van der Waals surface area contributed by atoms with Gasteiger partial charge in [0.25, 0.3) is 0 Å². The third kappa shape index (κ3) is 3.49. The van der Waals surface area contributed by atoms with E-state index in [9.17, 15) is 5.11 Å². The Morgan fingerprint density at radius 2 is 1.68 bits per heavy atom. The van der Waals surface area contributed by atoms with Crippen LogP contribution in [0.1, 0.15) is 98.3 Å². The zero-order valence-corrected chi connectivity index (χ0v) is 19.2. The Labute approximate surface area is 174 Å². The minimum absolute atomic E-state index is 0.237. The summed E-state index contributed by atoms with van der Waals surface area (Å²) in [5.41, 5.74) is 1.28. The fraction of sp³-hybridized carbons (Fsp3) is 1.00. The molecule has 0 saturated heterocycles. The number of rotatable bonds is 6. The fourth-order valence-corrected chi connectivity index (χ4v) is 9.09. The van der Waals surface area contributed by atoms with E-state index in [0.717, 1.165) is 42.1 Å². The van der Waals surface area contributed by atoms with Crippen LogP contribution in [-0.4, -0.2) is 24.3 Å². The Kier molecular flexibility index (Phi) is 6.21. The molecule has 0 spiro atoms. The third-order valence-corrected chi connectivity index (χ3v) is 10.7. The van der Waals surface area contributed by atoms with Gasteiger partial charge in [-0.3, -0.25) is 0 Å². The Morgan fingerprint density at radius 1 is 0.893 bits per heavy atom. The van der Waals surface area contributed by atoms with Crippen molar-refractivity contribution in [2.75, 3.05) is 13.2 Å². The zero-order chi connectivity index (χ0) is 19.9. The SMILES string of the molecule is CC(CO)NCC[C@@H](C)[C@H]1CC[C@H]2[C@@H]3CCC4CCCC[C@]4(C)[C@H]3CC[C@]12C. The fourth-order valence-electron chi connectivity index (χ4n) is 9.09. The summed E-state index contributed by atoms with van der Waals surface area (Å²) in [7, 11) is 0. The van der Waals surface area contributed by atoms with Crippen molar-refractivity contribution in [2.45, 2.75) is 104 Å². The maximum atomic E-state index is 9.26. The largest absolute Gasteiger partial charge is 0.395 e. The van der Waals surface area contributed by atoms with E-state index in [0.29, 0.717) is 10.8 Å². The van der Waals surface area contributed by atoms with Crippen molar-refractivity contribution in [2.24, 2.45) is 46.3 Å². The van der Waals surface area contributed by atoms with E-state index in [1.165, 1.54) is 64.2 Å². The second-order valence-electron chi connectivity index (χ2n) is 11.9. The van der Waals surface area contributed by atoms with Crippen molar-refractivity contribution in [1.29, 1.82) is 0 Å². The van der Waals surface area contributed by atoms with Gasteiger partial charge in [0.05, 0.1) is 6.61 Å². The average Bonchev–Trinajstić information content (AvgIpc) is 3.04. The van der Waals surface area contributed by atoms with Crippen LogP contribution in [0, 0.1) is 46.3 Å². The summed E-state index contributed by atoms with van der Waals surface area (Å²) in [6.07, 6.45) is 16.4. The summed E-state index contributed by atoms with van der Waals surface area (Å²) >= 11 is 0. The van der Waals surface area contributed by atoms with Crippen LogP contribution in [-0.2, 0) is 0 Å². The van der Waals surface area contributed by atoms with Crippen LogP contribution in [0.5, 0.6) is 0 Å². The van der Waals surface area contributed by atoms with Crippen LogP contribution >= 0.6 is 0 Å². The van der Waals surface area contributed by atoms with Gasteiger partial charge in [0.15, 0.2) is 0 Å². The smallest absolute Gasteiger partial charge is 0.0581 e. The Bertz CT molecular complexity index is 535. The highest BCUT2D eigenvalue weighted by atomic mass is 16.3. The summed E-state index contributed by atoms with van der Waals surface area (Å²) in [6.45, 7) is 11.3. The second kappa shape index (κ2) is 8.22. The van der Waals surface area contributed by atoms with Gasteiger partial charge in [-0.05, 0) is 118 Å². The molecule has 0 heterocycles. The molecule has 0 amide bonds. The lowest BCUT2D eigenvalue weighted by Crippen LogP contribution is -2.53. The number of fused-ring (bicyclic) bond motifs is 5. The summed E-state index contributed by atoms with van der Waals surface area (Å²) in [4.78, 5) is 0. The number of hydrogen-bond donors (Lipinski definition) is 2. The van der Waals surface area contributed by atoms with Gasteiger partial charge >= 0.3 is 0 Å². The first kappa shape index (κ1) is 21.2. The maximum Gasteiger partial charge on any atom is 0.0581 e. The summed E-state index contributed by atoms with van der Waals surface area (Å²) in [5, 5.41) is 12.8. The Hall–Kier alpha value is -0.0800. The van der Waals surface area contributed by atoms with Crippen molar-refractivity contribution in [3.05, 3.63) is 0 Å². The van der Waals surface area contributed by atoms with E-state index >= 15 is 0 Å². The molecule has 4 rings (SSSR count). The lowest BCUT2D eigenvalue weighted by Gasteiger charge is -2.61. The van der Waals surface area contributed by atoms with Crippen molar-refractivity contribution >= 4 is 0 Å². The van der Waals surface area contributed by atoms with Gasteiger partial charge in [-0.15, -0.1) is 0 Å². The number of aliphatic hydroxyl groups is 1. The third-order valence-electron chi connectivity index (χ3n) is 10.7. The molecule has 2 heteroatoms. The molecule has 2 N–H and O–H groups in total. The number of nitrogens with one attached hydrogen (secondary N) is 1. The first-order valence-corrected chi connectivity index (χ1v) is 12.7. The highest BCUT2D eigenvalue weighted by molar-refractivity contribution is 5.09. The first-order valence-electron chi connectivity index (χ1n) is 12.7. The second-order valence-corrected chi connectivity index (χ2v) is 11.9. The molecule has 4 fully saturated rings. The molecular weight excluding hydrogens is 342 g/mol. The molecule has 4 saturated carbocycles. The molecular formula is C26H47NO. The molecule has 28 heavy (non-hydrogen) atoms. The van der Waals surface area contributed by atoms with Gasteiger partial charge in [0, 0.05) is 6.04 Å². The van der Waals surface area contributed by atoms with Crippen LogP contribution in [0.4, 0.5) is 0 Å². The van der Waals surface area contributed by atoms with Crippen LogP contribution in [0.3, 0.4) is 0 Å². The van der Waals surface area contributed by atoms with E-state index in [-0.39, 0.29) is 12.6 Å². The van der Waals surface area contributed by atoms with Crippen LogP contribution in [0.25, 0.3) is 0 Å². The maximum absolute atomic E-state index is 9.26. The predicted molar refractivity (Wildman–Crippen MR) is 118 cm³/mol. The molecule has 0 aliphatic heterocycles. The lowest BCUT2D eigenvalue weighted by atomic mass is 9.44. The van der Waals surface area contributed by atoms with Crippen molar-refractivity contribution in [3.63, 3.8) is 0 Å². The van der Waals surface area contributed by atoms with E-state index in [2.05, 4.69) is 33.0 Å². The number of aliphatic hydroxyl groups excluding tert-OH is 1. The topological polar surface area (TPSA) is 32.3 Å². The van der Waals surface area contributed by atoms with Gasteiger partial charge in [0.2, 0.25) is 0 Å². The molecule has 4 aliphatic carbocycles. The molecule has 0 radical (unpaired) electrons. The summed E-state index contributed by atoms with van der Waals surface area (Å²) in [5.74, 6) is 5.84. The molecule has 2 unspecified atom stereocenters. The lowest BCUT2D eigenvalue weighted by molar-refractivity contribution is -0.114. The minimum atomic E-state index is 0.237. The Balaban J connectivity index is 1.43. The van der Waals surface area contributed by atoms with Crippen molar-refractivity contribution < 1.29 is 5.11 Å². The normalized spacial score (nSPS) is 47.7. The number of hydrogen-bond acceptors (Lipinski definition) is 2. The monoisotopic (exact) mass is 389 g/mol.